The summed E-state index contributed by atoms with van der Waals surface area (Å²) in [4.78, 5) is 4.58. The maximum Gasteiger partial charge on any atom is 0.203 e. The molecule has 3 rings (SSSR count). The standard InChI is InChI=1S/C22H25N3O3S/c1-4-5-12-28-17-8-6-16(7-9-17)14-23-25-22-24-20(15-29-22)19-11-10-18(26-2)13-21(19)27-3/h6-11,13-15H,4-5,12H2,1-3H3,(H,24,25)/b23-14-. The number of hydrazone groups is 1. The fourth-order valence-corrected chi connectivity index (χ4v) is 3.26. The summed E-state index contributed by atoms with van der Waals surface area (Å²) < 4.78 is 16.4. The first-order valence-corrected chi connectivity index (χ1v) is 10.3. The van der Waals surface area contributed by atoms with E-state index in [-0.39, 0.29) is 0 Å². The zero-order valence-corrected chi connectivity index (χ0v) is 17.7. The fraction of sp³-hybridized carbons (Fsp3) is 0.273. The van der Waals surface area contributed by atoms with Crippen molar-refractivity contribution in [3.63, 3.8) is 0 Å². The largest absolute Gasteiger partial charge is 0.497 e. The molecule has 2 aromatic carbocycles. The van der Waals surface area contributed by atoms with Crippen molar-refractivity contribution in [3.05, 3.63) is 53.4 Å². The zero-order valence-electron chi connectivity index (χ0n) is 16.8. The number of aromatic nitrogens is 1. The molecule has 0 saturated heterocycles. The average Bonchev–Trinajstić information content (AvgIpc) is 3.23. The maximum absolute atomic E-state index is 5.67. The van der Waals surface area contributed by atoms with Crippen LogP contribution in [0.1, 0.15) is 25.3 Å². The molecular weight excluding hydrogens is 386 g/mol. The number of anilines is 1. The van der Waals surface area contributed by atoms with E-state index in [1.54, 1.807) is 20.4 Å². The number of thiazole rings is 1. The number of rotatable bonds is 10. The molecule has 0 atom stereocenters. The average molecular weight is 412 g/mol. The molecule has 1 aromatic heterocycles. The Labute approximate surface area is 175 Å². The predicted molar refractivity (Wildman–Crippen MR) is 119 cm³/mol. The quantitative estimate of drug-likeness (QED) is 0.273. The van der Waals surface area contributed by atoms with Crippen molar-refractivity contribution in [2.24, 2.45) is 5.10 Å². The Morgan fingerprint density at radius 1 is 1.07 bits per heavy atom. The van der Waals surface area contributed by atoms with Gasteiger partial charge in [-0.3, -0.25) is 5.43 Å². The van der Waals surface area contributed by atoms with Gasteiger partial charge in [0.1, 0.15) is 17.2 Å². The first-order valence-electron chi connectivity index (χ1n) is 9.43. The van der Waals surface area contributed by atoms with Crippen molar-refractivity contribution < 1.29 is 14.2 Å². The lowest BCUT2D eigenvalue weighted by Crippen LogP contribution is -1.96. The lowest BCUT2D eigenvalue weighted by atomic mass is 10.1. The summed E-state index contributed by atoms with van der Waals surface area (Å²) in [6.07, 6.45) is 3.94. The topological polar surface area (TPSA) is 65.0 Å². The highest BCUT2D eigenvalue weighted by molar-refractivity contribution is 7.14. The van der Waals surface area contributed by atoms with E-state index in [4.69, 9.17) is 14.2 Å². The van der Waals surface area contributed by atoms with E-state index in [1.165, 1.54) is 11.3 Å². The summed E-state index contributed by atoms with van der Waals surface area (Å²) in [7, 11) is 3.26. The van der Waals surface area contributed by atoms with Crippen molar-refractivity contribution in [2.75, 3.05) is 26.3 Å². The van der Waals surface area contributed by atoms with Crippen LogP contribution in [-0.2, 0) is 0 Å². The van der Waals surface area contributed by atoms with Crippen LogP contribution in [0, 0.1) is 0 Å². The minimum atomic E-state index is 0.702. The van der Waals surface area contributed by atoms with Crippen LogP contribution >= 0.6 is 11.3 Å². The van der Waals surface area contributed by atoms with Crippen LogP contribution in [0.3, 0.4) is 0 Å². The first-order chi connectivity index (χ1) is 14.2. The normalized spacial score (nSPS) is 10.9. The number of methoxy groups -OCH3 is 2. The van der Waals surface area contributed by atoms with Gasteiger partial charge in [-0.25, -0.2) is 4.98 Å². The molecule has 0 aliphatic heterocycles. The molecule has 0 spiro atoms. The van der Waals surface area contributed by atoms with Gasteiger partial charge in [0.05, 0.1) is 32.7 Å². The number of benzene rings is 2. The third kappa shape index (κ3) is 5.71. The van der Waals surface area contributed by atoms with Crippen LogP contribution in [0.4, 0.5) is 5.13 Å². The maximum atomic E-state index is 5.67. The van der Waals surface area contributed by atoms with Gasteiger partial charge in [-0.05, 0) is 48.4 Å². The van der Waals surface area contributed by atoms with Crippen LogP contribution in [0.2, 0.25) is 0 Å². The van der Waals surface area contributed by atoms with E-state index in [0.29, 0.717) is 10.9 Å². The van der Waals surface area contributed by atoms with Gasteiger partial charge in [-0.2, -0.15) is 5.10 Å². The predicted octanol–water partition coefficient (Wildman–Crippen LogP) is 5.45. The van der Waals surface area contributed by atoms with Crippen LogP contribution in [0.5, 0.6) is 17.2 Å². The molecular formula is C22H25N3O3S. The molecule has 0 aliphatic rings. The summed E-state index contributed by atoms with van der Waals surface area (Å²) in [5.74, 6) is 2.33. The molecule has 0 fully saturated rings. The Kier molecular flexibility index (Phi) is 7.47. The Bertz CT molecular complexity index is 939. The minimum Gasteiger partial charge on any atom is -0.497 e. The molecule has 29 heavy (non-hydrogen) atoms. The highest BCUT2D eigenvalue weighted by Gasteiger charge is 2.11. The molecule has 0 saturated carbocycles. The molecule has 152 valence electrons. The SMILES string of the molecule is CCCCOc1ccc(/C=N\Nc2nc(-c3ccc(OC)cc3OC)cs2)cc1. The van der Waals surface area contributed by atoms with Crippen LogP contribution in [-0.4, -0.2) is 32.0 Å². The Balaban J connectivity index is 1.60. The number of unbranched alkanes of at least 4 members (excludes halogenated alkanes) is 1. The summed E-state index contributed by atoms with van der Waals surface area (Å²) in [5.41, 5.74) is 5.68. The second-order valence-corrected chi connectivity index (χ2v) is 7.10. The van der Waals surface area contributed by atoms with Crippen molar-refractivity contribution in [1.29, 1.82) is 0 Å². The van der Waals surface area contributed by atoms with Crippen LogP contribution in [0.15, 0.2) is 52.9 Å². The van der Waals surface area contributed by atoms with Crippen molar-refractivity contribution in [3.8, 4) is 28.5 Å². The van der Waals surface area contributed by atoms with Gasteiger partial charge < -0.3 is 14.2 Å². The van der Waals surface area contributed by atoms with Gasteiger partial charge in [0.15, 0.2) is 0 Å². The van der Waals surface area contributed by atoms with Gasteiger partial charge in [0.25, 0.3) is 0 Å². The molecule has 1 heterocycles. The van der Waals surface area contributed by atoms with E-state index in [9.17, 15) is 0 Å². The Hall–Kier alpha value is -3.06. The summed E-state index contributed by atoms with van der Waals surface area (Å²) >= 11 is 1.48. The molecule has 0 aliphatic carbocycles. The molecule has 3 aromatic rings. The molecule has 0 unspecified atom stereocenters. The molecule has 6 nitrogen and oxygen atoms in total. The fourth-order valence-electron chi connectivity index (χ4n) is 2.61. The monoisotopic (exact) mass is 411 g/mol. The molecule has 0 radical (unpaired) electrons. The van der Waals surface area contributed by atoms with Gasteiger partial charge in [-0.15, -0.1) is 11.3 Å². The summed E-state index contributed by atoms with van der Waals surface area (Å²) in [6, 6.07) is 13.5. The number of nitrogens with one attached hydrogen (secondary N) is 1. The van der Waals surface area contributed by atoms with Gasteiger partial charge >= 0.3 is 0 Å². The smallest absolute Gasteiger partial charge is 0.203 e. The first kappa shape index (κ1) is 20.7. The molecule has 0 amide bonds. The summed E-state index contributed by atoms with van der Waals surface area (Å²) in [6.45, 7) is 2.89. The lowest BCUT2D eigenvalue weighted by molar-refractivity contribution is 0.309. The van der Waals surface area contributed by atoms with Gasteiger partial charge in [0, 0.05) is 17.0 Å². The number of nitrogens with zero attached hydrogens (tertiary/aromatic N) is 2. The third-order valence-electron chi connectivity index (χ3n) is 4.21. The van der Waals surface area contributed by atoms with E-state index in [2.05, 4.69) is 22.4 Å². The number of hydrogen-bond acceptors (Lipinski definition) is 7. The highest BCUT2D eigenvalue weighted by atomic mass is 32.1. The van der Waals surface area contributed by atoms with Crippen molar-refractivity contribution >= 4 is 22.7 Å². The van der Waals surface area contributed by atoms with Crippen molar-refractivity contribution in [2.45, 2.75) is 19.8 Å². The van der Waals surface area contributed by atoms with E-state index in [1.807, 2.05) is 47.8 Å². The molecule has 7 heteroatoms. The van der Waals surface area contributed by atoms with Crippen LogP contribution in [0.25, 0.3) is 11.3 Å². The second kappa shape index (κ2) is 10.5. The Morgan fingerprint density at radius 3 is 2.59 bits per heavy atom. The summed E-state index contributed by atoms with van der Waals surface area (Å²) in [5, 5.41) is 6.94. The lowest BCUT2D eigenvalue weighted by Gasteiger charge is -2.08. The van der Waals surface area contributed by atoms with E-state index < -0.39 is 0 Å². The number of ether oxygens (including phenoxy) is 3. The molecule has 1 N–H and O–H groups in total. The van der Waals surface area contributed by atoms with Gasteiger partial charge in [0.2, 0.25) is 5.13 Å². The van der Waals surface area contributed by atoms with Crippen molar-refractivity contribution in [1.82, 2.24) is 4.98 Å². The minimum absolute atomic E-state index is 0.702. The van der Waals surface area contributed by atoms with Crippen LogP contribution < -0.4 is 19.6 Å². The molecule has 0 bridgehead atoms. The zero-order chi connectivity index (χ0) is 20.5. The third-order valence-corrected chi connectivity index (χ3v) is 4.96. The highest BCUT2D eigenvalue weighted by Crippen LogP contribution is 2.34. The van der Waals surface area contributed by atoms with E-state index >= 15 is 0 Å². The Morgan fingerprint density at radius 2 is 1.86 bits per heavy atom. The van der Waals surface area contributed by atoms with E-state index in [0.717, 1.165) is 47.8 Å². The number of hydrogen-bond donors (Lipinski definition) is 1. The second-order valence-electron chi connectivity index (χ2n) is 6.25. The van der Waals surface area contributed by atoms with Gasteiger partial charge in [-0.1, -0.05) is 13.3 Å².